The third-order valence-electron chi connectivity index (χ3n) is 6.40. The maximum absolute atomic E-state index is 13.0. The Labute approximate surface area is 252 Å². The van der Waals surface area contributed by atoms with E-state index in [1.807, 2.05) is 52.9 Å². The molecular weight excluding hydrogens is 651 g/mol. The van der Waals surface area contributed by atoms with Crippen molar-refractivity contribution >= 4 is 46.3 Å². The highest BCUT2D eigenvalue weighted by Crippen LogP contribution is 2.38. The lowest BCUT2D eigenvalue weighted by Gasteiger charge is -2.37. The Bertz CT molecular complexity index is 1120. The summed E-state index contributed by atoms with van der Waals surface area (Å²) in [5.41, 5.74) is 0.824. The van der Waals surface area contributed by atoms with E-state index in [1.54, 1.807) is 12.2 Å². The number of carbonyl (C=O) groups is 4. The fraction of sp³-hybridized carbons (Fsp3) is 0.517. The van der Waals surface area contributed by atoms with Crippen LogP contribution in [0, 0.1) is 0 Å². The van der Waals surface area contributed by atoms with Crippen LogP contribution in [-0.4, -0.2) is 81.7 Å². The Morgan fingerprint density at radius 2 is 1.80 bits per heavy atom. The highest BCUT2D eigenvalue weighted by Gasteiger charge is 2.54. The Balaban J connectivity index is 1.92. The second-order valence-electron chi connectivity index (χ2n) is 9.79. The van der Waals surface area contributed by atoms with Gasteiger partial charge in [0.2, 0.25) is 0 Å². The highest BCUT2D eigenvalue weighted by atomic mass is 127. The number of aliphatic hydroxyl groups is 1. The number of esters is 3. The summed E-state index contributed by atoms with van der Waals surface area (Å²) in [6, 6.07) is 9.23. The van der Waals surface area contributed by atoms with Crippen LogP contribution in [0.2, 0.25) is 0 Å². The van der Waals surface area contributed by atoms with Gasteiger partial charge in [0.25, 0.3) is 0 Å². The molecule has 0 bridgehead atoms. The van der Waals surface area contributed by atoms with E-state index in [4.69, 9.17) is 28.4 Å². The fourth-order valence-electron chi connectivity index (χ4n) is 4.70. The molecule has 2 aliphatic heterocycles. The van der Waals surface area contributed by atoms with Crippen LogP contribution in [0.25, 0.3) is 0 Å². The third-order valence-corrected chi connectivity index (χ3v) is 7.46. The molecule has 0 aliphatic carbocycles. The predicted octanol–water partition coefficient (Wildman–Crippen LogP) is 2.75. The molecule has 8 atom stereocenters. The quantitative estimate of drug-likeness (QED) is 0.108. The molecule has 0 saturated carbocycles. The number of aliphatic hydroxyl groups excluding tert-OH is 1. The summed E-state index contributed by atoms with van der Waals surface area (Å²) in [7, 11) is 0. The van der Waals surface area contributed by atoms with Crippen molar-refractivity contribution in [2.75, 3.05) is 6.61 Å². The average molecular weight is 686 g/mol. The van der Waals surface area contributed by atoms with E-state index in [0.717, 1.165) is 5.56 Å². The number of hydrogen-bond donors (Lipinski definition) is 1. The third kappa shape index (κ3) is 9.43. The minimum Gasteiger partial charge on any atom is -0.462 e. The molecule has 41 heavy (non-hydrogen) atoms. The van der Waals surface area contributed by atoms with Crippen molar-refractivity contribution in [3.63, 3.8) is 0 Å². The molecule has 4 unspecified atom stereocenters. The minimum atomic E-state index is -1.38. The van der Waals surface area contributed by atoms with Crippen LogP contribution in [0.4, 0.5) is 0 Å². The van der Waals surface area contributed by atoms with E-state index in [0.29, 0.717) is 6.42 Å². The van der Waals surface area contributed by atoms with Crippen molar-refractivity contribution in [2.24, 2.45) is 0 Å². The number of benzene rings is 1. The van der Waals surface area contributed by atoms with Gasteiger partial charge in [-0.15, -0.1) is 6.58 Å². The topological polar surface area (TPSA) is 144 Å². The molecule has 224 valence electrons. The molecule has 1 N–H and O–H groups in total. The number of halogens is 1. The van der Waals surface area contributed by atoms with Gasteiger partial charge in [-0.25, -0.2) is 0 Å². The number of alkyl halides is 1. The molecule has 11 nitrogen and oxygen atoms in total. The first-order chi connectivity index (χ1) is 19.4. The maximum atomic E-state index is 13.0. The monoisotopic (exact) mass is 686 g/mol. The first kappa shape index (κ1) is 32.9. The van der Waals surface area contributed by atoms with Crippen molar-refractivity contribution in [1.29, 1.82) is 0 Å². The summed E-state index contributed by atoms with van der Waals surface area (Å²) in [6.07, 6.45) is -3.20. The van der Waals surface area contributed by atoms with Crippen LogP contribution < -0.4 is 0 Å². The zero-order valence-corrected chi connectivity index (χ0v) is 25.3. The van der Waals surface area contributed by atoms with Crippen LogP contribution in [0.5, 0.6) is 0 Å². The summed E-state index contributed by atoms with van der Waals surface area (Å²) in [5.74, 6) is -2.36. The SMILES string of the molecule is C=CC[C@]1(I)C=CC(=O)C([C@@H](OC(C)=O)C2OC(C[C@H](COC(C)=O)OC(C)=O)C(OCc3ccccc3)[C@H]2O)O1. The van der Waals surface area contributed by atoms with Crippen LogP contribution in [-0.2, 0) is 54.2 Å². The molecule has 0 radical (unpaired) electrons. The van der Waals surface area contributed by atoms with Gasteiger partial charge in [-0.05, 0) is 40.3 Å². The number of carbonyl (C=O) groups excluding carboxylic acids is 4. The molecule has 12 heteroatoms. The van der Waals surface area contributed by atoms with Gasteiger partial charge in [0.15, 0.2) is 18.0 Å². The van der Waals surface area contributed by atoms with E-state index in [-0.39, 0.29) is 19.6 Å². The van der Waals surface area contributed by atoms with Crippen molar-refractivity contribution in [2.45, 2.75) is 86.6 Å². The summed E-state index contributed by atoms with van der Waals surface area (Å²) >= 11 is 2.03. The summed E-state index contributed by atoms with van der Waals surface area (Å²) < 4.78 is 33.4. The average Bonchev–Trinajstić information content (AvgIpc) is 3.21. The zero-order chi connectivity index (χ0) is 30.2. The maximum Gasteiger partial charge on any atom is 0.303 e. The zero-order valence-electron chi connectivity index (χ0n) is 23.1. The highest BCUT2D eigenvalue weighted by molar-refractivity contribution is 14.1. The van der Waals surface area contributed by atoms with Gasteiger partial charge >= 0.3 is 17.9 Å². The fourth-order valence-corrected chi connectivity index (χ4v) is 5.46. The molecule has 3 rings (SSSR count). The van der Waals surface area contributed by atoms with Crippen LogP contribution >= 0.6 is 22.6 Å². The standard InChI is InChI=1S/C29H35IO11/c1-5-12-29(30)13-11-22(34)25(41-29)28(39-19(4)33)27-24(35)26(37-15-20-9-7-6-8-10-20)23(40-27)14-21(38-18(3)32)16-36-17(2)31/h5-11,13,21,23-28,35H,1,12,14-16H2,2-4H3/t21-,23?,24-,25?,26?,27?,28-,29-/m1/s1. The minimum absolute atomic E-state index is 0.0290. The Hall–Kier alpha value is -2.65. The van der Waals surface area contributed by atoms with Crippen LogP contribution in [0.15, 0.2) is 55.1 Å². The number of ketones is 1. The first-order valence-corrected chi connectivity index (χ1v) is 14.2. The normalized spacial score (nSPS) is 28.9. The first-order valence-electron chi connectivity index (χ1n) is 13.1. The predicted molar refractivity (Wildman–Crippen MR) is 153 cm³/mol. The molecule has 0 spiro atoms. The van der Waals surface area contributed by atoms with Gasteiger partial charge in [0.05, 0.1) is 12.7 Å². The Morgan fingerprint density at radius 1 is 1.12 bits per heavy atom. The van der Waals surface area contributed by atoms with Gasteiger partial charge in [-0.1, -0.05) is 36.4 Å². The van der Waals surface area contributed by atoms with Crippen molar-refractivity contribution < 1.29 is 52.7 Å². The molecule has 0 amide bonds. The van der Waals surface area contributed by atoms with E-state index in [2.05, 4.69) is 6.58 Å². The second-order valence-corrected chi connectivity index (χ2v) is 11.6. The Morgan fingerprint density at radius 3 is 2.41 bits per heavy atom. The summed E-state index contributed by atoms with van der Waals surface area (Å²) in [4.78, 5) is 48.4. The number of rotatable bonds is 13. The van der Waals surface area contributed by atoms with E-state index in [9.17, 15) is 24.3 Å². The van der Waals surface area contributed by atoms with Crippen LogP contribution in [0.1, 0.15) is 39.2 Å². The number of hydrogen-bond acceptors (Lipinski definition) is 11. The van der Waals surface area contributed by atoms with E-state index in [1.165, 1.54) is 26.8 Å². The lowest BCUT2D eigenvalue weighted by Crippen LogP contribution is -2.54. The molecule has 1 aromatic rings. The van der Waals surface area contributed by atoms with Crippen molar-refractivity contribution in [3.05, 3.63) is 60.7 Å². The summed E-state index contributed by atoms with van der Waals surface area (Å²) in [5, 5.41) is 11.5. The molecule has 1 aromatic carbocycles. The van der Waals surface area contributed by atoms with E-state index < -0.39 is 70.0 Å². The molecule has 1 fully saturated rings. The number of ether oxygens (including phenoxy) is 6. The lowest BCUT2D eigenvalue weighted by atomic mass is 9.94. The lowest BCUT2D eigenvalue weighted by molar-refractivity contribution is -0.184. The van der Waals surface area contributed by atoms with Gasteiger partial charge in [-0.2, -0.15) is 0 Å². The molecule has 1 saturated heterocycles. The van der Waals surface area contributed by atoms with E-state index >= 15 is 0 Å². The summed E-state index contributed by atoms with van der Waals surface area (Å²) in [6.45, 7) is 7.20. The Kier molecular flexibility index (Phi) is 12.0. The van der Waals surface area contributed by atoms with Crippen LogP contribution in [0.3, 0.4) is 0 Å². The van der Waals surface area contributed by atoms with Gasteiger partial charge < -0.3 is 33.5 Å². The van der Waals surface area contributed by atoms with Gasteiger partial charge in [-0.3, -0.25) is 19.2 Å². The molecule has 2 aliphatic rings. The van der Waals surface area contributed by atoms with Gasteiger partial charge in [0.1, 0.15) is 34.6 Å². The van der Waals surface area contributed by atoms with Gasteiger partial charge in [0, 0.05) is 33.6 Å². The molecular formula is C29H35IO11. The van der Waals surface area contributed by atoms with Crippen molar-refractivity contribution in [3.8, 4) is 0 Å². The molecule has 2 heterocycles. The second kappa shape index (κ2) is 15.0. The largest absolute Gasteiger partial charge is 0.462 e. The smallest absolute Gasteiger partial charge is 0.303 e. The van der Waals surface area contributed by atoms with Crippen molar-refractivity contribution in [1.82, 2.24) is 0 Å². The molecule has 0 aromatic heterocycles.